The van der Waals surface area contributed by atoms with Crippen molar-refractivity contribution in [2.45, 2.75) is 24.8 Å². The van der Waals surface area contributed by atoms with Crippen LogP contribution in [0.1, 0.15) is 29.6 Å². The molecule has 0 aliphatic heterocycles. The maximum atomic E-state index is 11.9. The van der Waals surface area contributed by atoms with Gasteiger partial charge in [-0.25, -0.2) is 4.98 Å². The van der Waals surface area contributed by atoms with E-state index in [4.69, 9.17) is 28.5 Å². The van der Waals surface area contributed by atoms with E-state index in [1.54, 1.807) is 0 Å². The number of nitrogens with one attached hydrogen (secondary N) is 1. The van der Waals surface area contributed by atoms with Crippen molar-refractivity contribution < 1.29 is 4.79 Å². The molecule has 2 rings (SSSR count). The van der Waals surface area contributed by atoms with E-state index in [2.05, 4.69) is 16.4 Å². The molecule has 1 aliphatic carbocycles. The Kier molecular flexibility index (Phi) is 3.23. The lowest BCUT2D eigenvalue weighted by atomic mass is 9.78. The SMILES string of the molecule is N#CC1(NC(=O)c2ccc(Cl)nc2Cl)CCC1. The highest BCUT2D eigenvalue weighted by molar-refractivity contribution is 6.34. The van der Waals surface area contributed by atoms with Crippen LogP contribution in [-0.4, -0.2) is 16.4 Å². The Labute approximate surface area is 109 Å². The molecule has 1 saturated carbocycles. The van der Waals surface area contributed by atoms with Crippen molar-refractivity contribution in [1.82, 2.24) is 10.3 Å². The quantitative estimate of drug-likeness (QED) is 0.840. The molecule has 0 bridgehead atoms. The van der Waals surface area contributed by atoms with E-state index in [9.17, 15) is 4.79 Å². The van der Waals surface area contributed by atoms with Gasteiger partial charge in [-0.05, 0) is 31.4 Å². The number of halogens is 2. The number of hydrogen-bond acceptors (Lipinski definition) is 3. The van der Waals surface area contributed by atoms with Gasteiger partial charge in [-0.1, -0.05) is 23.2 Å². The van der Waals surface area contributed by atoms with Crippen LogP contribution in [0.5, 0.6) is 0 Å². The summed E-state index contributed by atoms with van der Waals surface area (Å²) < 4.78 is 0. The van der Waals surface area contributed by atoms with Gasteiger partial charge in [-0.3, -0.25) is 4.79 Å². The van der Waals surface area contributed by atoms with Crippen LogP contribution in [0.3, 0.4) is 0 Å². The minimum atomic E-state index is -0.736. The summed E-state index contributed by atoms with van der Waals surface area (Å²) in [5.74, 6) is -0.389. The number of amides is 1. The first-order chi connectivity index (χ1) is 8.06. The predicted octanol–water partition coefficient (Wildman–Crippen LogP) is 2.56. The summed E-state index contributed by atoms with van der Waals surface area (Å²) in [5.41, 5.74) is -0.502. The maximum Gasteiger partial charge on any atom is 0.255 e. The molecule has 1 aromatic heterocycles. The number of carbonyl (C=O) groups is 1. The van der Waals surface area contributed by atoms with Crippen molar-refractivity contribution in [1.29, 1.82) is 5.26 Å². The molecule has 0 spiro atoms. The first-order valence-corrected chi connectivity index (χ1v) is 5.88. The predicted molar refractivity (Wildman–Crippen MR) is 63.9 cm³/mol. The van der Waals surface area contributed by atoms with Crippen molar-refractivity contribution >= 4 is 29.1 Å². The zero-order valence-corrected chi connectivity index (χ0v) is 10.3. The molecule has 1 aliphatic rings. The standard InChI is InChI=1S/C11H9Cl2N3O/c12-8-3-2-7(9(13)15-8)10(17)16-11(6-14)4-1-5-11/h2-3H,1,4-5H2,(H,16,17). The van der Waals surface area contributed by atoms with Crippen LogP contribution in [0, 0.1) is 11.3 Å². The average Bonchev–Trinajstić information content (AvgIpc) is 2.23. The topological polar surface area (TPSA) is 65.8 Å². The van der Waals surface area contributed by atoms with E-state index in [0.29, 0.717) is 12.8 Å². The summed E-state index contributed by atoms with van der Waals surface area (Å²) in [6, 6.07) is 5.11. The smallest absolute Gasteiger partial charge is 0.255 e. The van der Waals surface area contributed by atoms with E-state index < -0.39 is 5.54 Å². The van der Waals surface area contributed by atoms with E-state index in [0.717, 1.165) is 6.42 Å². The molecule has 0 atom stereocenters. The summed E-state index contributed by atoms with van der Waals surface area (Å²) in [5, 5.41) is 12.0. The Bertz CT molecular complexity index is 506. The zero-order valence-electron chi connectivity index (χ0n) is 8.83. The fourth-order valence-electron chi connectivity index (χ4n) is 1.66. The lowest BCUT2D eigenvalue weighted by Gasteiger charge is -2.35. The lowest BCUT2D eigenvalue weighted by Crippen LogP contribution is -2.52. The Balaban J connectivity index is 2.18. The van der Waals surface area contributed by atoms with Crippen LogP contribution in [0.4, 0.5) is 0 Å². The van der Waals surface area contributed by atoms with E-state index in [-0.39, 0.29) is 21.8 Å². The van der Waals surface area contributed by atoms with Crippen molar-refractivity contribution in [2.75, 3.05) is 0 Å². The molecular formula is C11H9Cl2N3O. The number of pyridine rings is 1. The van der Waals surface area contributed by atoms with Crippen LogP contribution in [0.15, 0.2) is 12.1 Å². The highest BCUT2D eigenvalue weighted by atomic mass is 35.5. The molecule has 17 heavy (non-hydrogen) atoms. The largest absolute Gasteiger partial charge is 0.334 e. The van der Waals surface area contributed by atoms with Gasteiger partial charge in [-0.2, -0.15) is 5.26 Å². The second kappa shape index (κ2) is 4.52. The summed E-state index contributed by atoms with van der Waals surface area (Å²) >= 11 is 11.5. The molecule has 6 heteroatoms. The highest BCUT2D eigenvalue weighted by Crippen LogP contribution is 2.31. The zero-order chi connectivity index (χ0) is 12.5. The maximum absolute atomic E-state index is 11.9. The third kappa shape index (κ3) is 2.36. The molecular weight excluding hydrogens is 261 g/mol. The molecule has 0 unspecified atom stereocenters. The highest BCUT2D eigenvalue weighted by Gasteiger charge is 2.39. The van der Waals surface area contributed by atoms with Gasteiger partial charge in [0, 0.05) is 0 Å². The number of nitrogens with zero attached hydrogens (tertiary/aromatic N) is 2. The minimum absolute atomic E-state index is 0.0439. The van der Waals surface area contributed by atoms with Crippen molar-refractivity contribution in [3.63, 3.8) is 0 Å². The summed E-state index contributed by atoms with van der Waals surface area (Å²) in [7, 11) is 0. The number of aromatic nitrogens is 1. The molecule has 0 saturated heterocycles. The van der Waals surface area contributed by atoms with Crippen LogP contribution in [0.2, 0.25) is 10.3 Å². The third-order valence-corrected chi connectivity index (χ3v) is 3.33. The third-order valence-electron chi connectivity index (χ3n) is 2.83. The molecule has 88 valence electrons. The van der Waals surface area contributed by atoms with Gasteiger partial charge in [0.15, 0.2) is 0 Å². The normalized spacial score (nSPS) is 16.8. The molecule has 0 radical (unpaired) electrons. The average molecular weight is 270 g/mol. The summed E-state index contributed by atoms with van der Waals surface area (Å²) in [6.45, 7) is 0. The molecule has 1 amide bonds. The molecule has 4 nitrogen and oxygen atoms in total. The van der Waals surface area contributed by atoms with Gasteiger partial charge in [0.25, 0.3) is 5.91 Å². The van der Waals surface area contributed by atoms with Crippen molar-refractivity contribution in [3.8, 4) is 6.07 Å². The molecule has 1 N–H and O–H groups in total. The second-order valence-electron chi connectivity index (χ2n) is 3.97. The van der Waals surface area contributed by atoms with Crippen molar-refractivity contribution in [2.24, 2.45) is 0 Å². The molecule has 1 fully saturated rings. The molecule has 1 heterocycles. The lowest BCUT2D eigenvalue weighted by molar-refractivity contribution is 0.0881. The van der Waals surface area contributed by atoms with Crippen LogP contribution in [-0.2, 0) is 0 Å². The molecule has 0 aromatic carbocycles. The van der Waals surface area contributed by atoms with Crippen LogP contribution in [0.25, 0.3) is 0 Å². The van der Waals surface area contributed by atoms with Gasteiger partial charge >= 0.3 is 0 Å². The summed E-state index contributed by atoms with van der Waals surface area (Å²) in [4.78, 5) is 15.7. The first-order valence-electron chi connectivity index (χ1n) is 5.12. The van der Waals surface area contributed by atoms with Gasteiger partial charge in [0.05, 0.1) is 11.6 Å². The monoisotopic (exact) mass is 269 g/mol. The molecule has 1 aromatic rings. The van der Waals surface area contributed by atoms with Gasteiger partial charge < -0.3 is 5.32 Å². The van der Waals surface area contributed by atoms with E-state index in [1.807, 2.05) is 0 Å². The van der Waals surface area contributed by atoms with Crippen LogP contribution < -0.4 is 5.32 Å². The number of hydrogen-bond donors (Lipinski definition) is 1. The van der Waals surface area contributed by atoms with Crippen LogP contribution >= 0.6 is 23.2 Å². The number of rotatable bonds is 2. The van der Waals surface area contributed by atoms with Gasteiger partial charge in [0.2, 0.25) is 0 Å². The van der Waals surface area contributed by atoms with Crippen molar-refractivity contribution in [3.05, 3.63) is 28.0 Å². The Morgan fingerprint density at radius 2 is 2.18 bits per heavy atom. The Hall–Kier alpha value is -1.31. The number of nitriles is 1. The number of carbonyl (C=O) groups excluding carboxylic acids is 1. The Morgan fingerprint density at radius 3 is 2.65 bits per heavy atom. The summed E-state index contributed by atoms with van der Waals surface area (Å²) in [6.07, 6.45) is 2.29. The second-order valence-corrected chi connectivity index (χ2v) is 4.72. The fraction of sp³-hybridized carbons (Fsp3) is 0.364. The van der Waals surface area contributed by atoms with E-state index >= 15 is 0 Å². The minimum Gasteiger partial charge on any atom is -0.334 e. The van der Waals surface area contributed by atoms with E-state index in [1.165, 1.54) is 12.1 Å². The van der Waals surface area contributed by atoms with Gasteiger partial charge in [-0.15, -0.1) is 0 Å². The van der Waals surface area contributed by atoms with Gasteiger partial charge in [0.1, 0.15) is 15.8 Å². The fourth-order valence-corrected chi connectivity index (χ4v) is 2.09. The Morgan fingerprint density at radius 1 is 1.47 bits per heavy atom. The first kappa shape index (κ1) is 12.2.